The van der Waals surface area contributed by atoms with Crippen molar-refractivity contribution in [2.45, 2.75) is 78.7 Å². The maximum atomic E-state index is 11.0. The predicted molar refractivity (Wildman–Crippen MR) is 88.3 cm³/mol. The summed E-state index contributed by atoms with van der Waals surface area (Å²) in [7, 11) is 0. The van der Waals surface area contributed by atoms with Gasteiger partial charge < -0.3 is 15.4 Å². The summed E-state index contributed by atoms with van der Waals surface area (Å²) in [5.74, 6) is 1.02. The summed E-state index contributed by atoms with van der Waals surface area (Å²) < 4.78 is 0. The maximum Gasteiger partial charge on any atom is 0.216 e. The molecule has 0 saturated carbocycles. The lowest BCUT2D eigenvalue weighted by molar-refractivity contribution is -0.119. The Hall–Kier alpha value is -0.900. The number of ketones is 1. The van der Waals surface area contributed by atoms with Crippen molar-refractivity contribution < 1.29 is 9.59 Å². The fourth-order valence-electron chi connectivity index (χ4n) is 2.38. The second-order valence-corrected chi connectivity index (χ2v) is 6.36. The fraction of sp³-hybridized carbons (Fsp3) is 0.882. The standard InChI is InChI=1S/C17H34N2O2/c1-14(2)19-13-17(10-6-5-9-15(3)20)11-7-8-12-18-16(4)21/h14,17,19H,5-13H2,1-4H3,(H,18,21). The monoisotopic (exact) mass is 298 g/mol. The molecule has 0 radical (unpaired) electrons. The summed E-state index contributed by atoms with van der Waals surface area (Å²) in [5.41, 5.74) is 0. The van der Waals surface area contributed by atoms with E-state index < -0.39 is 0 Å². The minimum Gasteiger partial charge on any atom is -0.356 e. The third-order valence-corrected chi connectivity index (χ3v) is 3.62. The van der Waals surface area contributed by atoms with Crippen LogP contribution in [0.15, 0.2) is 0 Å². The Morgan fingerprint density at radius 3 is 2.10 bits per heavy atom. The first-order valence-electron chi connectivity index (χ1n) is 8.39. The van der Waals surface area contributed by atoms with Gasteiger partial charge in [-0.3, -0.25) is 4.79 Å². The van der Waals surface area contributed by atoms with Gasteiger partial charge in [-0.15, -0.1) is 0 Å². The van der Waals surface area contributed by atoms with Crippen molar-refractivity contribution in [1.29, 1.82) is 0 Å². The van der Waals surface area contributed by atoms with E-state index in [2.05, 4.69) is 24.5 Å². The number of carbonyl (C=O) groups excluding carboxylic acids is 2. The Labute approximate surface area is 130 Å². The van der Waals surface area contributed by atoms with Gasteiger partial charge in [-0.25, -0.2) is 0 Å². The van der Waals surface area contributed by atoms with Crippen LogP contribution in [-0.4, -0.2) is 30.8 Å². The highest BCUT2D eigenvalue weighted by molar-refractivity contribution is 5.75. The molecule has 0 saturated heterocycles. The topological polar surface area (TPSA) is 58.2 Å². The van der Waals surface area contributed by atoms with Crippen LogP contribution in [0.25, 0.3) is 0 Å². The van der Waals surface area contributed by atoms with Gasteiger partial charge in [0.2, 0.25) is 5.91 Å². The fourth-order valence-corrected chi connectivity index (χ4v) is 2.38. The van der Waals surface area contributed by atoms with Gasteiger partial charge in [-0.05, 0) is 45.1 Å². The summed E-state index contributed by atoms with van der Waals surface area (Å²) >= 11 is 0. The highest BCUT2D eigenvalue weighted by atomic mass is 16.1. The summed E-state index contributed by atoms with van der Waals surface area (Å²) in [6.45, 7) is 9.40. The molecule has 0 heterocycles. The van der Waals surface area contributed by atoms with Gasteiger partial charge in [-0.1, -0.05) is 26.7 Å². The average Bonchev–Trinajstić information content (AvgIpc) is 2.38. The Kier molecular flexibility index (Phi) is 12.3. The van der Waals surface area contributed by atoms with E-state index in [-0.39, 0.29) is 5.91 Å². The number of Topliss-reactive ketones (excluding diaryl/α,β-unsaturated/α-hetero) is 1. The van der Waals surface area contributed by atoms with Crippen LogP contribution in [-0.2, 0) is 9.59 Å². The Bertz CT molecular complexity index is 291. The van der Waals surface area contributed by atoms with Gasteiger partial charge in [0.25, 0.3) is 0 Å². The minimum atomic E-state index is 0.0530. The van der Waals surface area contributed by atoms with E-state index in [1.54, 1.807) is 13.8 Å². The van der Waals surface area contributed by atoms with Crippen molar-refractivity contribution in [3.63, 3.8) is 0 Å². The van der Waals surface area contributed by atoms with E-state index in [1.807, 2.05) is 0 Å². The molecule has 2 N–H and O–H groups in total. The molecule has 0 aliphatic heterocycles. The summed E-state index contributed by atoms with van der Waals surface area (Å²) in [6, 6.07) is 0.518. The molecule has 0 aliphatic rings. The normalized spacial score (nSPS) is 12.4. The molecule has 0 aromatic carbocycles. The molecular weight excluding hydrogens is 264 g/mol. The van der Waals surface area contributed by atoms with Gasteiger partial charge in [-0.2, -0.15) is 0 Å². The number of nitrogens with one attached hydrogen (secondary N) is 2. The molecule has 0 aromatic heterocycles. The van der Waals surface area contributed by atoms with Crippen molar-refractivity contribution in [2.75, 3.05) is 13.1 Å². The second-order valence-electron chi connectivity index (χ2n) is 6.36. The van der Waals surface area contributed by atoms with Crippen molar-refractivity contribution in [3.05, 3.63) is 0 Å². The van der Waals surface area contributed by atoms with Gasteiger partial charge in [0, 0.05) is 25.9 Å². The van der Waals surface area contributed by atoms with E-state index in [9.17, 15) is 9.59 Å². The molecule has 21 heavy (non-hydrogen) atoms. The highest BCUT2D eigenvalue weighted by Gasteiger charge is 2.09. The average molecular weight is 298 g/mol. The zero-order chi connectivity index (χ0) is 16.1. The molecule has 4 heteroatoms. The number of unbranched alkanes of at least 4 members (excludes halogenated alkanes) is 2. The third-order valence-electron chi connectivity index (χ3n) is 3.62. The van der Waals surface area contributed by atoms with Gasteiger partial charge in [0.05, 0.1) is 0 Å². The number of hydrogen-bond acceptors (Lipinski definition) is 3. The van der Waals surface area contributed by atoms with Crippen LogP contribution in [0, 0.1) is 5.92 Å². The number of rotatable bonds is 13. The van der Waals surface area contributed by atoms with Gasteiger partial charge in [0.1, 0.15) is 5.78 Å². The molecule has 0 fully saturated rings. The summed E-state index contributed by atoms with van der Waals surface area (Å²) in [5, 5.41) is 6.36. The van der Waals surface area contributed by atoms with Crippen LogP contribution < -0.4 is 10.6 Å². The Morgan fingerprint density at radius 1 is 0.952 bits per heavy atom. The molecule has 4 nitrogen and oxygen atoms in total. The Morgan fingerprint density at radius 2 is 1.57 bits per heavy atom. The van der Waals surface area contributed by atoms with E-state index in [1.165, 1.54) is 12.8 Å². The van der Waals surface area contributed by atoms with E-state index >= 15 is 0 Å². The van der Waals surface area contributed by atoms with E-state index in [4.69, 9.17) is 0 Å². The van der Waals surface area contributed by atoms with Crippen molar-refractivity contribution in [2.24, 2.45) is 5.92 Å². The summed E-state index contributed by atoms with van der Waals surface area (Å²) in [6.07, 6.45) is 7.44. The van der Waals surface area contributed by atoms with Crippen LogP contribution in [0.2, 0.25) is 0 Å². The Balaban J connectivity index is 3.84. The lowest BCUT2D eigenvalue weighted by atomic mass is 9.94. The molecule has 1 unspecified atom stereocenters. The highest BCUT2D eigenvalue weighted by Crippen LogP contribution is 2.16. The van der Waals surface area contributed by atoms with Crippen molar-refractivity contribution in [3.8, 4) is 0 Å². The zero-order valence-corrected chi connectivity index (χ0v) is 14.3. The van der Waals surface area contributed by atoms with Crippen molar-refractivity contribution >= 4 is 11.7 Å². The van der Waals surface area contributed by atoms with Crippen LogP contribution in [0.1, 0.15) is 72.6 Å². The van der Waals surface area contributed by atoms with Crippen LogP contribution in [0.4, 0.5) is 0 Å². The SMILES string of the molecule is CC(=O)CCCCC(CCCCNC(C)=O)CNC(C)C. The minimum absolute atomic E-state index is 0.0530. The second kappa shape index (κ2) is 12.8. The third kappa shape index (κ3) is 15.3. The molecule has 124 valence electrons. The first-order chi connectivity index (χ1) is 9.91. The first kappa shape index (κ1) is 20.1. The summed E-state index contributed by atoms with van der Waals surface area (Å²) in [4.78, 5) is 21.8. The zero-order valence-electron chi connectivity index (χ0n) is 14.3. The maximum absolute atomic E-state index is 11.0. The van der Waals surface area contributed by atoms with Crippen molar-refractivity contribution in [1.82, 2.24) is 10.6 Å². The molecule has 1 atom stereocenters. The molecule has 0 aromatic rings. The van der Waals surface area contributed by atoms with Crippen LogP contribution >= 0.6 is 0 Å². The van der Waals surface area contributed by atoms with Gasteiger partial charge in [0.15, 0.2) is 0 Å². The number of amides is 1. The molecule has 0 spiro atoms. The lowest BCUT2D eigenvalue weighted by Gasteiger charge is -2.19. The molecule has 0 aliphatic carbocycles. The molecule has 0 rings (SSSR count). The molecular formula is C17H34N2O2. The lowest BCUT2D eigenvalue weighted by Crippen LogP contribution is -2.29. The number of carbonyl (C=O) groups is 2. The number of hydrogen-bond donors (Lipinski definition) is 2. The van der Waals surface area contributed by atoms with Gasteiger partial charge >= 0.3 is 0 Å². The van der Waals surface area contributed by atoms with Crippen LogP contribution in [0.5, 0.6) is 0 Å². The van der Waals surface area contributed by atoms with Crippen LogP contribution in [0.3, 0.4) is 0 Å². The van der Waals surface area contributed by atoms with E-state index in [0.717, 1.165) is 38.8 Å². The molecule has 1 amide bonds. The molecule has 0 bridgehead atoms. The predicted octanol–water partition coefficient (Wildman–Crippen LogP) is 3.06. The smallest absolute Gasteiger partial charge is 0.216 e. The first-order valence-corrected chi connectivity index (χ1v) is 8.39. The quantitative estimate of drug-likeness (QED) is 0.514. The largest absolute Gasteiger partial charge is 0.356 e. The van der Waals surface area contributed by atoms with E-state index in [0.29, 0.717) is 24.2 Å².